The highest BCUT2D eigenvalue weighted by atomic mass is 16.5. The van der Waals surface area contributed by atoms with Crippen LogP contribution >= 0.6 is 0 Å². The molecule has 0 amide bonds. The molecule has 0 rings (SSSR count). The molecule has 0 saturated carbocycles. The highest BCUT2D eigenvalue weighted by molar-refractivity contribution is 5.81. The summed E-state index contributed by atoms with van der Waals surface area (Å²) < 4.78 is 4.96. The first-order valence-electron chi connectivity index (χ1n) is 5.71. The summed E-state index contributed by atoms with van der Waals surface area (Å²) in [4.78, 5) is 13.5. The van der Waals surface area contributed by atoms with Gasteiger partial charge in [-0.25, -0.2) is 0 Å². The number of ketones is 1. The molecule has 0 aliphatic heterocycles. The summed E-state index contributed by atoms with van der Waals surface area (Å²) >= 11 is 0. The Hall–Kier alpha value is -0.450. The van der Waals surface area contributed by atoms with Gasteiger partial charge in [-0.1, -0.05) is 13.8 Å². The van der Waals surface area contributed by atoms with Gasteiger partial charge < -0.3 is 14.7 Å². The Morgan fingerprint density at radius 3 is 2.50 bits per heavy atom. The van der Waals surface area contributed by atoms with Crippen LogP contribution in [-0.2, 0) is 9.53 Å². The SMILES string of the molecule is COCCN(C)CC(C)(O)CC(=O)C(C)C. The van der Waals surface area contributed by atoms with E-state index in [-0.39, 0.29) is 18.1 Å². The molecule has 0 spiro atoms. The van der Waals surface area contributed by atoms with Crippen molar-refractivity contribution in [2.45, 2.75) is 32.8 Å². The number of nitrogens with zero attached hydrogens (tertiary/aromatic N) is 1. The number of carbonyl (C=O) groups is 1. The lowest BCUT2D eigenvalue weighted by Gasteiger charge is -2.28. The topological polar surface area (TPSA) is 49.8 Å². The van der Waals surface area contributed by atoms with Crippen LogP contribution in [0.1, 0.15) is 27.2 Å². The lowest BCUT2D eigenvalue weighted by atomic mass is 9.93. The minimum Gasteiger partial charge on any atom is -0.388 e. The van der Waals surface area contributed by atoms with Gasteiger partial charge in [0, 0.05) is 32.5 Å². The summed E-state index contributed by atoms with van der Waals surface area (Å²) in [5.41, 5.74) is -0.955. The van der Waals surface area contributed by atoms with E-state index in [0.29, 0.717) is 13.2 Å². The fraction of sp³-hybridized carbons (Fsp3) is 0.917. The maximum atomic E-state index is 11.6. The van der Waals surface area contributed by atoms with Crippen LogP contribution in [0.3, 0.4) is 0 Å². The van der Waals surface area contributed by atoms with Crippen molar-refractivity contribution in [1.29, 1.82) is 0 Å². The standard InChI is InChI=1S/C12H25NO3/c1-10(2)11(14)8-12(3,15)9-13(4)6-7-16-5/h10,15H,6-9H2,1-5H3. The second-order valence-electron chi connectivity index (χ2n) is 5.03. The average molecular weight is 231 g/mol. The zero-order valence-electron chi connectivity index (χ0n) is 11.1. The van der Waals surface area contributed by atoms with Gasteiger partial charge in [-0.15, -0.1) is 0 Å². The number of hydrogen-bond acceptors (Lipinski definition) is 4. The van der Waals surface area contributed by atoms with Crippen LogP contribution in [0.25, 0.3) is 0 Å². The van der Waals surface area contributed by atoms with Gasteiger partial charge >= 0.3 is 0 Å². The van der Waals surface area contributed by atoms with Gasteiger partial charge in [-0.3, -0.25) is 4.79 Å². The van der Waals surface area contributed by atoms with E-state index in [2.05, 4.69) is 0 Å². The van der Waals surface area contributed by atoms with Crippen LogP contribution in [0.2, 0.25) is 0 Å². The smallest absolute Gasteiger partial charge is 0.138 e. The van der Waals surface area contributed by atoms with Crippen LogP contribution in [0, 0.1) is 5.92 Å². The van der Waals surface area contributed by atoms with Crippen LogP contribution < -0.4 is 0 Å². The van der Waals surface area contributed by atoms with Crippen LogP contribution in [-0.4, -0.2) is 55.2 Å². The van der Waals surface area contributed by atoms with Crippen LogP contribution in [0.4, 0.5) is 0 Å². The predicted octanol–water partition coefficient (Wildman–Crippen LogP) is 0.931. The normalized spacial score (nSPS) is 15.5. The first-order valence-corrected chi connectivity index (χ1v) is 5.71. The third kappa shape index (κ3) is 6.93. The van der Waals surface area contributed by atoms with Crippen molar-refractivity contribution in [3.8, 4) is 0 Å². The Balaban J connectivity index is 4.07. The van der Waals surface area contributed by atoms with Crippen molar-refractivity contribution in [3.63, 3.8) is 0 Å². The van der Waals surface area contributed by atoms with E-state index >= 15 is 0 Å². The third-order valence-electron chi connectivity index (χ3n) is 2.49. The van der Waals surface area contributed by atoms with E-state index in [0.717, 1.165) is 6.54 Å². The number of ether oxygens (including phenoxy) is 1. The van der Waals surface area contributed by atoms with E-state index in [1.807, 2.05) is 25.8 Å². The first-order chi connectivity index (χ1) is 7.28. The van der Waals surface area contributed by atoms with Crippen LogP contribution in [0.5, 0.6) is 0 Å². The molecule has 0 aliphatic carbocycles. The van der Waals surface area contributed by atoms with E-state index in [9.17, 15) is 9.90 Å². The fourth-order valence-electron chi connectivity index (χ4n) is 1.54. The van der Waals surface area contributed by atoms with Crippen molar-refractivity contribution < 1.29 is 14.6 Å². The molecule has 1 N–H and O–H groups in total. The Kier molecular flexibility index (Phi) is 6.79. The molecule has 0 heterocycles. The number of rotatable bonds is 8. The fourth-order valence-corrected chi connectivity index (χ4v) is 1.54. The van der Waals surface area contributed by atoms with Gasteiger partial charge in [0.1, 0.15) is 5.78 Å². The van der Waals surface area contributed by atoms with Crippen molar-refractivity contribution in [1.82, 2.24) is 4.90 Å². The first kappa shape index (κ1) is 15.6. The number of Topliss-reactive ketones (excluding diaryl/α,β-unsaturated/α-hetero) is 1. The molecule has 0 bridgehead atoms. The second-order valence-corrected chi connectivity index (χ2v) is 5.03. The molecule has 0 fully saturated rings. The summed E-state index contributed by atoms with van der Waals surface area (Å²) in [5, 5.41) is 10.1. The summed E-state index contributed by atoms with van der Waals surface area (Å²) in [5.74, 6) is 0.0842. The minimum absolute atomic E-state index is 0.0178. The van der Waals surface area contributed by atoms with Gasteiger partial charge in [0.2, 0.25) is 0 Å². The van der Waals surface area contributed by atoms with Gasteiger partial charge in [0.25, 0.3) is 0 Å². The number of hydrogen-bond donors (Lipinski definition) is 1. The molecule has 4 nitrogen and oxygen atoms in total. The van der Waals surface area contributed by atoms with Gasteiger partial charge in [-0.2, -0.15) is 0 Å². The summed E-state index contributed by atoms with van der Waals surface area (Å²) in [6, 6.07) is 0. The maximum absolute atomic E-state index is 11.6. The summed E-state index contributed by atoms with van der Waals surface area (Å²) in [7, 11) is 3.56. The van der Waals surface area contributed by atoms with E-state index in [1.165, 1.54) is 0 Å². The molecular weight excluding hydrogens is 206 g/mol. The molecule has 0 saturated heterocycles. The van der Waals surface area contributed by atoms with Gasteiger partial charge in [0.15, 0.2) is 0 Å². The molecule has 4 heteroatoms. The van der Waals surface area contributed by atoms with E-state index < -0.39 is 5.60 Å². The highest BCUT2D eigenvalue weighted by Crippen LogP contribution is 2.14. The molecule has 0 aromatic carbocycles. The summed E-state index contributed by atoms with van der Waals surface area (Å²) in [6.07, 6.45) is 0.210. The van der Waals surface area contributed by atoms with E-state index in [1.54, 1.807) is 14.0 Å². The third-order valence-corrected chi connectivity index (χ3v) is 2.49. The quantitative estimate of drug-likeness (QED) is 0.675. The minimum atomic E-state index is -0.955. The molecule has 0 aromatic heterocycles. The zero-order valence-corrected chi connectivity index (χ0v) is 11.1. The molecule has 0 aliphatic rings. The Labute approximate surface area is 98.6 Å². The predicted molar refractivity (Wildman–Crippen MR) is 64.5 cm³/mol. The lowest BCUT2D eigenvalue weighted by Crippen LogP contribution is -2.42. The number of carbonyl (C=O) groups excluding carboxylic acids is 1. The van der Waals surface area contributed by atoms with E-state index in [4.69, 9.17) is 4.74 Å². The largest absolute Gasteiger partial charge is 0.388 e. The average Bonchev–Trinajstić information content (AvgIpc) is 2.12. The number of aliphatic hydroxyl groups is 1. The Bertz CT molecular complexity index is 214. The van der Waals surface area contributed by atoms with Crippen molar-refractivity contribution in [2.24, 2.45) is 5.92 Å². The maximum Gasteiger partial charge on any atom is 0.138 e. The number of methoxy groups -OCH3 is 1. The highest BCUT2D eigenvalue weighted by Gasteiger charge is 2.26. The molecule has 1 unspecified atom stereocenters. The second kappa shape index (κ2) is 6.99. The number of likely N-dealkylation sites (N-methyl/N-ethyl adjacent to an activating group) is 1. The monoisotopic (exact) mass is 231 g/mol. The lowest BCUT2D eigenvalue weighted by molar-refractivity contribution is -0.126. The molecule has 1 atom stereocenters. The summed E-state index contributed by atoms with van der Waals surface area (Å²) in [6.45, 7) is 7.28. The Morgan fingerprint density at radius 1 is 1.50 bits per heavy atom. The van der Waals surface area contributed by atoms with Gasteiger partial charge in [-0.05, 0) is 14.0 Å². The van der Waals surface area contributed by atoms with Crippen molar-refractivity contribution in [2.75, 3.05) is 33.9 Å². The van der Waals surface area contributed by atoms with Gasteiger partial charge in [0.05, 0.1) is 12.2 Å². The molecular formula is C12H25NO3. The zero-order chi connectivity index (χ0) is 12.8. The Morgan fingerprint density at radius 2 is 2.06 bits per heavy atom. The molecule has 0 radical (unpaired) electrons. The van der Waals surface area contributed by atoms with Crippen LogP contribution in [0.15, 0.2) is 0 Å². The molecule has 16 heavy (non-hydrogen) atoms. The van der Waals surface area contributed by atoms with Crippen molar-refractivity contribution in [3.05, 3.63) is 0 Å². The molecule has 96 valence electrons. The van der Waals surface area contributed by atoms with Crippen molar-refractivity contribution >= 4 is 5.78 Å². The molecule has 0 aromatic rings.